The molecule has 3 rings (SSSR count). The number of urea groups is 1. The van der Waals surface area contributed by atoms with Crippen LogP contribution in [0.2, 0.25) is 0 Å². The molecular formula is C19H15N5O7. The van der Waals surface area contributed by atoms with Gasteiger partial charge in [-0.3, -0.25) is 29.8 Å². The van der Waals surface area contributed by atoms with Gasteiger partial charge in [0.05, 0.1) is 17.7 Å². The summed E-state index contributed by atoms with van der Waals surface area (Å²) in [7, 11) is 1.42. The molecular weight excluding hydrogens is 410 g/mol. The lowest BCUT2D eigenvalue weighted by Gasteiger charge is -2.28. The number of methoxy groups -OCH3 is 1. The van der Waals surface area contributed by atoms with Crippen molar-refractivity contribution in [1.29, 1.82) is 0 Å². The summed E-state index contributed by atoms with van der Waals surface area (Å²) in [5.74, 6) is -3.55. The van der Waals surface area contributed by atoms with Crippen molar-refractivity contribution in [3.05, 3.63) is 64.2 Å². The number of nitro groups is 1. The molecule has 0 radical (unpaired) electrons. The lowest BCUT2D eigenvalue weighted by atomic mass is 10.1. The third-order valence-electron chi connectivity index (χ3n) is 4.24. The van der Waals surface area contributed by atoms with Gasteiger partial charge in [-0.05, 0) is 24.3 Å². The Labute approximate surface area is 174 Å². The number of hydrogen-bond donors (Lipinski definition) is 2. The monoisotopic (exact) mass is 425 g/mol. The maximum atomic E-state index is 12.7. The van der Waals surface area contributed by atoms with Gasteiger partial charge in [-0.25, -0.2) is 15.1 Å². The van der Waals surface area contributed by atoms with Crippen LogP contribution in [0.1, 0.15) is 10.4 Å². The van der Waals surface area contributed by atoms with Crippen LogP contribution in [0.5, 0.6) is 5.75 Å². The Morgan fingerprint density at radius 1 is 1.23 bits per heavy atom. The van der Waals surface area contributed by atoms with Crippen LogP contribution >= 0.6 is 0 Å². The lowest BCUT2D eigenvalue weighted by Crippen LogP contribution is -2.58. The second-order valence-corrected chi connectivity index (χ2v) is 6.17. The molecule has 1 atom stereocenters. The first-order valence-electron chi connectivity index (χ1n) is 8.72. The van der Waals surface area contributed by atoms with Crippen LogP contribution in [0.25, 0.3) is 0 Å². The first-order chi connectivity index (χ1) is 14.8. The number of carbonyl (C=O) groups is 4. The number of rotatable bonds is 6. The van der Waals surface area contributed by atoms with Crippen molar-refractivity contribution >= 4 is 41.3 Å². The van der Waals surface area contributed by atoms with Gasteiger partial charge in [-0.1, -0.05) is 6.07 Å². The first kappa shape index (κ1) is 21.1. The van der Waals surface area contributed by atoms with E-state index in [9.17, 15) is 29.3 Å². The summed E-state index contributed by atoms with van der Waals surface area (Å²) in [6.07, 6.45) is 0.889. The second kappa shape index (κ2) is 8.82. The van der Waals surface area contributed by atoms with Gasteiger partial charge in [0.15, 0.2) is 5.92 Å². The summed E-state index contributed by atoms with van der Waals surface area (Å²) in [4.78, 5) is 59.9. The van der Waals surface area contributed by atoms with Crippen molar-refractivity contribution in [2.24, 2.45) is 11.0 Å². The Morgan fingerprint density at radius 3 is 2.58 bits per heavy atom. The van der Waals surface area contributed by atoms with Crippen LogP contribution in [0.4, 0.5) is 16.2 Å². The van der Waals surface area contributed by atoms with Crippen LogP contribution in [0, 0.1) is 16.0 Å². The van der Waals surface area contributed by atoms with E-state index in [1.165, 1.54) is 31.4 Å². The number of amides is 5. The van der Waals surface area contributed by atoms with E-state index < -0.39 is 34.6 Å². The van der Waals surface area contributed by atoms with Crippen molar-refractivity contribution in [2.45, 2.75) is 0 Å². The average molecular weight is 425 g/mol. The van der Waals surface area contributed by atoms with Gasteiger partial charge in [0.1, 0.15) is 5.75 Å². The van der Waals surface area contributed by atoms with Crippen molar-refractivity contribution in [1.82, 2.24) is 10.7 Å². The molecule has 158 valence electrons. The standard InChI is InChI=1S/C19H15N5O7/c1-31-14-4-2-3-13(9-14)23-18(27)15(17(26)21-19(23)28)10-20-22-16(25)11-5-7-12(8-6-11)24(29)30/h2-10,15H,1H3,(H,22,25)(H,21,26,28)/b20-10-/t15-/m0/s1. The number of anilines is 1. The highest BCUT2D eigenvalue weighted by Crippen LogP contribution is 2.24. The molecule has 1 fully saturated rings. The van der Waals surface area contributed by atoms with Crippen molar-refractivity contribution in [3.8, 4) is 5.75 Å². The number of barbiturate groups is 1. The molecule has 0 aromatic heterocycles. The highest BCUT2D eigenvalue weighted by Gasteiger charge is 2.40. The maximum absolute atomic E-state index is 12.7. The average Bonchev–Trinajstić information content (AvgIpc) is 2.76. The molecule has 1 saturated heterocycles. The summed E-state index contributed by atoms with van der Waals surface area (Å²) in [6, 6.07) is 9.94. The highest BCUT2D eigenvalue weighted by atomic mass is 16.6. The first-order valence-corrected chi connectivity index (χ1v) is 8.72. The predicted octanol–water partition coefficient (Wildman–Crippen LogP) is 1.22. The number of hydrazone groups is 1. The highest BCUT2D eigenvalue weighted by molar-refractivity contribution is 6.32. The lowest BCUT2D eigenvalue weighted by molar-refractivity contribution is -0.384. The fraction of sp³-hybridized carbons (Fsp3) is 0.105. The number of nitrogens with zero attached hydrogens (tertiary/aromatic N) is 3. The zero-order valence-electron chi connectivity index (χ0n) is 16.0. The minimum Gasteiger partial charge on any atom is -0.497 e. The number of non-ortho nitro benzene ring substituents is 1. The molecule has 2 N–H and O–H groups in total. The van der Waals surface area contributed by atoms with Gasteiger partial charge < -0.3 is 4.74 Å². The van der Waals surface area contributed by atoms with Gasteiger partial charge in [0, 0.05) is 30.0 Å². The molecule has 1 aliphatic rings. The molecule has 12 nitrogen and oxygen atoms in total. The van der Waals surface area contributed by atoms with E-state index in [1.807, 2.05) is 0 Å². The van der Waals surface area contributed by atoms with Crippen molar-refractivity contribution < 1.29 is 28.8 Å². The number of ether oxygens (including phenoxy) is 1. The van der Waals surface area contributed by atoms with Gasteiger partial charge in [-0.15, -0.1) is 0 Å². The van der Waals surface area contributed by atoms with Crippen LogP contribution in [-0.4, -0.2) is 42.0 Å². The van der Waals surface area contributed by atoms with E-state index in [0.29, 0.717) is 5.75 Å². The molecule has 0 unspecified atom stereocenters. The molecule has 0 bridgehead atoms. The molecule has 1 heterocycles. The smallest absolute Gasteiger partial charge is 0.335 e. The maximum Gasteiger partial charge on any atom is 0.335 e. The normalized spacial score (nSPS) is 16.2. The number of carbonyl (C=O) groups excluding carboxylic acids is 4. The SMILES string of the molecule is COc1cccc(N2C(=O)NC(=O)[C@H](/C=N\NC(=O)c3ccc([N+](=O)[O-])cc3)C2=O)c1. The Bertz CT molecular complexity index is 1100. The fourth-order valence-electron chi connectivity index (χ4n) is 2.69. The van der Waals surface area contributed by atoms with Crippen LogP contribution in [-0.2, 0) is 9.59 Å². The number of nitrogens with one attached hydrogen (secondary N) is 2. The van der Waals surface area contributed by atoms with Crippen LogP contribution in [0.3, 0.4) is 0 Å². The topological polar surface area (TPSA) is 160 Å². The zero-order valence-corrected chi connectivity index (χ0v) is 16.0. The summed E-state index contributed by atoms with van der Waals surface area (Å²) in [5.41, 5.74) is 2.20. The molecule has 1 aliphatic heterocycles. The van der Waals surface area contributed by atoms with E-state index in [4.69, 9.17) is 4.74 Å². The van der Waals surface area contributed by atoms with E-state index in [-0.39, 0.29) is 16.9 Å². The number of nitro benzene ring substituents is 1. The Kier molecular flexibility index (Phi) is 6.00. The van der Waals surface area contributed by atoms with E-state index in [1.54, 1.807) is 12.1 Å². The van der Waals surface area contributed by atoms with E-state index >= 15 is 0 Å². The molecule has 0 spiro atoms. The minimum absolute atomic E-state index is 0.0790. The third-order valence-corrected chi connectivity index (χ3v) is 4.24. The summed E-state index contributed by atoms with van der Waals surface area (Å²) in [6.45, 7) is 0. The van der Waals surface area contributed by atoms with E-state index in [0.717, 1.165) is 23.2 Å². The fourth-order valence-corrected chi connectivity index (χ4v) is 2.69. The Morgan fingerprint density at radius 2 is 1.94 bits per heavy atom. The number of benzene rings is 2. The van der Waals surface area contributed by atoms with Crippen LogP contribution < -0.4 is 20.4 Å². The van der Waals surface area contributed by atoms with Crippen LogP contribution in [0.15, 0.2) is 53.6 Å². The second-order valence-electron chi connectivity index (χ2n) is 6.17. The molecule has 0 saturated carbocycles. The molecule has 2 aromatic rings. The number of hydrogen-bond acceptors (Lipinski definition) is 8. The minimum atomic E-state index is -1.47. The molecule has 31 heavy (non-hydrogen) atoms. The molecule has 12 heteroatoms. The quantitative estimate of drug-likeness (QED) is 0.304. The molecule has 5 amide bonds. The molecule has 0 aliphatic carbocycles. The van der Waals surface area contributed by atoms with Gasteiger partial charge in [0.2, 0.25) is 5.91 Å². The van der Waals surface area contributed by atoms with Crippen molar-refractivity contribution in [3.63, 3.8) is 0 Å². The number of imide groups is 2. The Hall–Kier alpha value is -4.61. The Balaban J connectivity index is 1.73. The summed E-state index contributed by atoms with van der Waals surface area (Å²) >= 11 is 0. The van der Waals surface area contributed by atoms with Crippen molar-refractivity contribution in [2.75, 3.05) is 12.0 Å². The largest absolute Gasteiger partial charge is 0.497 e. The molecule has 2 aromatic carbocycles. The predicted molar refractivity (Wildman–Crippen MR) is 107 cm³/mol. The summed E-state index contributed by atoms with van der Waals surface area (Å²) < 4.78 is 5.07. The third kappa shape index (κ3) is 4.53. The van der Waals surface area contributed by atoms with Gasteiger partial charge in [-0.2, -0.15) is 5.10 Å². The zero-order chi connectivity index (χ0) is 22.5. The van der Waals surface area contributed by atoms with Gasteiger partial charge >= 0.3 is 6.03 Å². The van der Waals surface area contributed by atoms with E-state index in [2.05, 4.69) is 15.8 Å². The summed E-state index contributed by atoms with van der Waals surface area (Å²) in [5, 5.41) is 16.3. The van der Waals surface area contributed by atoms with Gasteiger partial charge in [0.25, 0.3) is 17.5 Å².